The van der Waals surface area contributed by atoms with Crippen LogP contribution in [0.15, 0.2) is 18.2 Å². The SMILES string of the molecule is CN1CCCC1c1nnc2n1CCN(C(=O)COc1ccc(F)cc1F)CC2. The Morgan fingerprint density at radius 2 is 2.07 bits per heavy atom. The zero-order valence-corrected chi connectivity index (χ0v) is 15.8. The van der Waals surface area contributed by atoms with Gasteiger partial charge in [-0.15, -0.1) is 10.2 Å². The van der Waals surface area contributed by atoms with Crippen molar-refractivity contribution < 1.29 is 18.3 Å². The second-order valence-corrected chi connectivity index (χ2v) is 7.26. The molecule has 0 bridgehead atoms. The molecule has 1 unspecified atom stereocenters. The number of ether oxygens (including phenoxy) is 1. The molecule has 1 amide bonds. The molecule has 28 heavy (non-hydrogen) atoms. The van der Waals surface area contributed by atoms with E-state index >= 15 is 0 Å². The first-order valence-corrected chi connectivity index (χ1v) is 9.51. The highest BCUT2D eigenvalue weighted by molar-refractivity contribution is 5.77. The average molecular weight is 391 g/mol. The smallest absolute Gasteiger partial charge is 0.260 e. The van der Waals surface area contributed by atoms with Crippen molar-refractivity contribution in [2.45, 2.75) is 31.8 Å². The molecule has 4 rings (SSSR count). The van der Waals surface area contributed by atoms with Gasteiger partial charge in [0.15, 0.2) is 18.2 Å². The highest BCUT2D eigenvalue weighted by atomic mass is 19.1. The summed E-state index contributed by atoms with van der Waals surface area (Å²) in [6.45, 7) is 2.41. The molecule has 2 aliphatic heterocycles. The second-order valence-electron chi connectivity index (χ2n) is 7.26. The fourth-order valence-corrected chi connectivity index (χ4v) is 3.90. The zero-order chi connectivity index (χ0) is 19.7. The molecule has 1 fully saturated rings. The standard InChI is InChI=1S/C19H23F2N5O2/c1-24-7-2-3-15(24)19-23-22-17-6-8-25(9-10-26(17)19)18(27)12-28-16-5-4-13(20)11-14(16)21/h4-5,11,15H,2-3,6-10,12H2,1H3. The number of likely N-dealkylation sites (tertiary alicyclic amines) is 1. The van der Waals surface area contributed by atoms with Gasteiger partial charge in [-0.3, -0.25) is 9.69 Å². The normalized spacial score (nSPS) is 20.1. The minimum Gasteiger partial charge on any atom is -0.481 e. The highest BCUT2D eigenvalue weighted by Crippen LogP contribution is 2.30. The average Bonchev–Trinajstić information content (AvgIpc) is 3.20. The summed E-state index contributed by atoms with van der Waals surface area (Å²) in [6, 6.07) is 3.29. The van der Waals surface area contributed by atoms with E-state index in [9.17, 15) is 13.6 Å². The van der Waals surface area contributed by atoms with Gasteiger partial charge in [-0.1, -0.05) is 0 Å². The van der Waals surface area contributed by atoms with Gasteiger partial charge in [0.05, 0.1) is 6.04 Å². The number of hydrogen-bond acceptors (Lipinski definition) is 5. The number of carbonyl (C=O) groups excluding carboxylic acids is 1. The maximum absolute atomic E-state index is 13.7. The lowest BCUT2D eigenvalue weighted by Gasteiger charge is -2.22. The summed E-state index contributed by atoms with van der Waals surface area (Å²) in [5.74, 6) is -0.0177. The van der Waals surface area contributed by atoms with Crippen LogP contribution in [0, 0.1) is 11.6 Å². The highest BCUT2D eigenvalue weighted by Gasteiger charge is 2.30. The Morgan fingerprint density at radius 1 is 1.21 bits per heavy atom. The van der Waals surface area contributed by atoms with Crippen molar-refractivity contribution in [2.24, 2.45) is 0 Å². The number of amides is 1. The Bertz CT molecular complexity index is 872. The third kappa shape index (κ3) is 3.71. The second kappa shape index (κ2) is 7.83. The molecule has 0 saturated carbocycles. The van der Waals surface area contributed by atoms with Gasteiger partial charge < -0.3 is 14.2 Å². The molecular formula is C19H23F2N5O2. The topological polar surface area (TPSA) is 63.5 Å². The van der Waals surface area contributed by atoms with Crippen LogP contribution in [-0.4, -0.2) is 63.8 Å². The van der Waals surface area contributed by atoms with Gasteiger partial charge in [0.1, 0.15) is 17.5 Å². The van der Waals surface area contributed by atoms with Crippen LogP contribution in [-0.2, 0) is 17.8 Å². The lowest BCUT2D eigenvalue weighted by atomic mass is 10.2. The van der Waals surface area contributed by atoms with E-state index in [-0.39, 0.29) is 24.3 Å². The van der Waals surface area contributed by atoms with Crippen LogP contribution < -0.4 is 4.74 Å². The molecule has 1 atom stereocenters. The number of carbonyl (C=O) groups is 1. The van der Waals surface area contributed by atoms with Gasteiger partial charge in [-0.2, -0.15) is 0 Å². The predicted octanol–water partition coefficient (Wildman–Crippen LogP) is 1.79. The van der Waals surface area contributed by atoms with Crippen molar-refractivity contribution in [3.05, 3.63) is 41.5 Å². The quantitative estimate of drug-likeness (QED) is 0.795. The Labute approximate surface area is 161 Å². The third-order valence-electron chi connectivity index (χ3n) is 5.47. The van der Waals surface area contributed by atoms with Crippen LogP contribution in [0.3, 0.4) is 0 Å². The molecule has 2 aromatic rings. The largest absolute Gasteiger partial charge is 0.481 e. The Morgan fingerprint density at radius 3 is 2.82 bits per heavy atom. The molecule has 150 valence electrons. The van der Waals surface area contributed by atoms with E-state index in [0.717, 1.165) is 43.2 Å². The molecule has 0 spiro atoms. The molecule has 9 heteroatoms. The molecule has 0 N–H and O–H groups in total. The van der Waals surface area contributed by atoms with E-state index in [0.29, 0.717) is 26.1 Å². The molecule has 1 saturated heterocycles. The van der Waals surface area contributed by atoms with E-state index in [1.807, 2.05) is 0 Å². The number of nitrogens with zero attached hydrogens (tertiary/aromatic N) is 5. The summed E-state index contributed by atoms with van der Waals surface area (Å²) >= 11 is 0. The van der Waals surface area contributed by atoms with Crippen LogP contribution in [0.5, 0.6) is 5.75 Å². The monoisotopic (exact) mass is 391 g/mol. The summed E-state index contributed by atoms with van der Waals surface area (Å²) in [6.07, 6.45) is 2.82. The summed E-state index contributed by atoms with van der Waals surface area (Å²) in [4.78, 5) is 16.5. The van der Waals surface area contributed by atoms with Crippen molar-refractivity contribution >= 4 is 5.91 Å². The van der Waals surface area contributed by atoms with E-state index in [1.54, 1.807) is 4.90 Å². The number of fused-ring (bicyclic) bond motifs is 1. The molecule has 1 aromatic heterocycles. The van der Waals surface area contributed by atoms with Gasteiger partial charge in [0.2, 0.25) is 0 Å². The maximum Gasteiger partial charge on any atom is 0.260 e. The van der Waals surface area contributed by atoms with Gasteiger partial charge in [-0.25, -0.2) is 8.78 Å². The first-order valence-electron chi connectivity index (χ1n) is 9.51. The van der Waals surface area contributed by atoms with Gasteiger partial charge in [0.25, 0.3) is 5.91 Å². The fraction of sp³-hybridized carbons (Fsp3) is 0.526. The number of halogens is 2. The van der Waals surface area contributed by atoms with E-state index in [4.69, 9.17) is 4.74 Å². The van der Waals surface area contributed by atoms with Crippen molar-refractivity contribution in [1.29, 1.82) is 0 Å². The number of aromatic nitrogens is 3. The van der Waals surface area contributed by atoms with Crippen LogP contribution in [0.25, 0.3) is 0 Å². The van der Waals surface area contributed by atoms with Crippen LogP contribution in [0.1, 0.15) is 30.5 Å². The Balaban J connectivity index is 1.38. The number of hydrogen-bond donors (Lipinski definition) is 0. The number of rotatable bonds is 4. The minimum absolute atomic E-state index is 0.131. The Hall–Kier alpha value is -2.55. The molecule has 1 aromatic carbocycles. The minimum atomic E-state index is -0.819. The van der Waals surface area contributed by atoms with Crippen molar-refractivity contribution in [3.8, 4) is 5.75 Å². The molecule has 2 aliphatic rings. The van der Waals surface area contributed by atoms with Crippen molar-refractivity contribution in [2.75, 3.05) is 33.3 Å². The number of benzene rings is 1. The maximum atomic E-state index is 13.7. The summed E-state index contributed by atoms with van der Waals surface area (Å²) in [7, 11) is 2.09. The molecule has 7 nitrogen and oxygen atoms in total. The summed E-state index contributed by atoms with van der Waals surface area (Å²) < 4.78 is 34.0. The van der Waals surface area contributed by atoms with Gasteiger partial charge in [0, 0.05) is 32.1 Å². The first-order chi connectivity index (χ1) is 13.5. The molecular weight excluding hydrogens is 368 g/mol. The zero-order valence-electron chi connectivity index (χ0n) is 15.8. The molecule has 0 radical (unpaired) electrons. The fourth-order valence-electron chi connectivity index (χ4n) is 3.90. The van der Waals surface area contributed by atoms with Crippen molar-refractivity contribution in [1.82, 2.24) is 24.6 Å². The van der Waals surface area contributed by atoms with Gasteiger partial charge >= 0.3 is 0 Å². The summed E-state index contributed by atoms with van der Waals surface area (Å²) in [5, 5.41) is 8.74. The van der Waals surface area contributed by atoms with Crippen molar-refractivity contribution in [3.63, 3.8) is 0 Å². The lowest BCUT2D eigenvalue weighted by molar-refractivity contribution is -0.133. The van der Waals surface area contributed by atoms with Crippen LogP contribution >= 0.6 is 0 Å². The van der Waals surface area contributed by atoms with E-state index < -0.39 is 11.6 Å². The Kier molecular flexibility index (Phi) is 5.25. The molecule has 0 aliphatic carbocycles. The van der Waals surface area contributed by atoms with Crippen LogP contribution in [0.2, 0.25) is 0 Å². The van der Waals surface area contributed by atoms with E-state index in [2.05, 4.69) is 26.7 Å². The first kappa shape index (κ1) is 18.8. The van der Waals surface area contributed by atoms with Crippen LogP contribution in [0.4, 0.5) is 8.78 Å². The van der Waals surface area contributed by atoms with E-state index in [1.165, 1.54) is 6.07 Å². The third-order valence-corrected chi connectivity index (χ3v) is 5.47. The summed E-state index contributed by atoms with van der Waals surface area (Å²) in [5.41, 5.74) is 0. The van der Waals surface area contributed by atoms with Gasteiger partial charge in [-0.05, 0) is 38.6 Å². The lowest BCUT2D eigenvalue weighted by Crippen LogP contribution is -2.37. The predicted molar refractivity (Wildman–Crippen MR) is 96.8 cm³/mol. The molecule has 3 heterocycles.